The van der Waals surface area contributed by atoms with Crippen LogP contribution in [-0.4, -0.2) is 18.0 Å². The highest BCUT2D eigenvalue weighted by molar-refractivity contribution is 8.12. The fourth-order valence-electron chi connectivity index (χ4n) is 0.428. The number of hydrogen-bond acceptors (Lipinski definition) is 1. The van der Waals surface area contributed by atoms with E-state index >= 15 is 0 Å². The first kappa shape index (κ1) is 13.9. The van der Waals surface area contributed by atoms with Gasteiger partial charge >= 0.3 is 5.17 Å². The Balaban J connectivity index is 0. The molecule has 0 bridgehead atoms. The van der Waals surface area contributed by atoms with Crippen molar-refractivity contribution in [2.24, 2.45) is 5.73 Å². The molecule has 0 spiro atoms. The molecular weight excluding hydrogens is 271 g/mol. The minimum atomic E-state index is 0. The average Bonchev–Trinajstić information content (AvgIpc) is 1.87. The molecule has 3 N–H and O–H groups in total. The third-order valence-electron chi connectivity index (χ3n) is 1.01. The maximum atomic E-state index is 5.50. The molecule has 0 aromatic rings. The zero-order valence-electron chi connectivity index (χ0n) is 7.15. The molecule has 11 heavy (non-hydrogen) atoms. The molecule has 2 nitrogen and oxygen atoms in total. The van der Waals surface area contributed by atoms with Crippen molar-refractivity contribution in [1.29, 1.82) is 0 Å². The lowest BCUT2D eigenvalue weighted by Crippen LogP contribution is -3.00. The van der Waals surface area contributed by atoms with Gasteiger partial charge in [-0.1, -0.05) is 5.57 Å². The largest absolute Gasteiger partial charge is 1.00 e. The molecule has 4 heteroatoms. The van der Waals surface area contributed by atoms with E-state index in [1.165, 1.54) is 17.3 Å². The van der Waals surface area contributed by atoms with Crippen LogP contribution in [0.3, 0.4) is 0 Å². The number of nitrogens with one attached hydrogen (secondary N) is 1. The first-order chi connectivity index (χ1) is 4.66. The first-order valence-electron chi connectivity index (χ1n) is 3.20. The number of amidine groups is 1. The summed E-state index contributed by atoms with van der Waals surface area (Å²) in [5, 5.41) is 0.775. The normalized spacial score (nSPS) is 10.3. The summed E-state index contributed by atoms with van der Waals surface area (Å²) in [6.45, 7) is 4.96. The molecule has 0 aromatic carbocycles. The van der Waals surface area contributed by atoms with E-state index in [2.05, 4.69) is 24.9 Å². The molecule has 0 aliphatic rings. The van der Waals surface area contributed by atoms with E-state index in [0.717, 1.165) is 11.7 Å². The van der Waals surface area contributed by atoms with E-state index in [1.54, 1.807) is 0 Å². The number of hydrogen-bond donors (Lipinski definition) is 2. The molecule has 0 fully saturated rings. The molecule has 0 amide bonds. The van der Waals surface area contributed by atoms with Crippen molar-refractivity contribution in [1.82, 2.24) is 0 Å². The number of thioether (sulfide) groups is 1. The summed E-state index contributed by atoms with van der Waals surface area (Å²) < 4.78 is 0. The van der Waals surface area contributed by atoms with Gasteiger partial charge in [-0.3, -0.25) is 10.7 Å². The van der Waals surface area contributed by atoms with Gasteiger partial charge in [-0.15, -0.1) is 0 Å². The van der Waals surface area contributed by atoms with Crippen molar-refractivity contribution in [3.8, 4) is 0 Å². The van der Waals surface area contributed by atoms with Crippen molar-refractivity contribution in [2.45, 2.75) is 13.8 Å². The highest BCUT2D eigenvalue weighted by atomic mass is 127. The monoisotopic (exact) mass is 286 g/mol. The zero-order valence-corrected chi connectivity index (χ0v) is 10.1. The Kier molecular flexibility index (Phi) is 10.6. The van der Waals surface area contributed by atoms with Gasteiger partial charge in [-0.05, 0) is 37.9 Å². The summed E-state index contributed by atoms with van der Waals surface area (Å²) in [7, 11) is 0. The van der Waals surface area contributed by atoms with Crippen molar-refractivity contribution in [3.63, 3.8) is 0 Å². The Morgan fingerprint density at radius 1 is 1.55 bits per heavy atom. The van der Waals surface area contributed by atoms with E-state index < -0.39 is 0 Å². The van der Waals surface area contributed by atoms with Gasteiger partial charge in [0, 0.05) is 0 Å². The third kappa shape index (κ3) is 10.3. The topological polar surface area (TPSA) is 40.0 Å². The Hall–Kier alpha value is 0.290. The Bertz CT molecular complexity index is 151. The van der Waals surface area contributed by atoms with Crippen LogP contribution in [0.15, 0.2) is 11.6 Å². The molecule has 0 aromatic heterocycles. The maximum Gasteiger partial charge on any atom is 0.301 e. The lowest BCUT2D eigenvalue weighted by Gasteiger charge is -1.87. The summed E-state index contributed by atoms with van der Waals surface area (Å²) in [5.74, 6) is 0. The number of nitrogens with two attached hydrogens (primary N) is 1. The second-order valence-electron chi connectivity index (χ2n) is 2.23. The van der Waals surface area contributed by atoms with Crippen molar-refractivity contribution >= 4 is 16.9 Å². The fourth-order valence-corrected chi connectivity index (χ4v) is 0.656. The fraction of sp³-hybridized carbons (Fsp3) is 0.571. The van der Waals surface area contributed by atoms with Gasteiger partial charge in [-0.2, -0.15) is 0 Å². The highest BCUT2D eigenvalue weighted by Gasteiger charge is 1.89. The van der Waals surface area contributed by atoms with Crippen LogP contribution in [0.2, 0.25) is 0 Å². The second kappa shape index (κ2) is 8.39. The lowest BCUT2D eigenvalue weighted by molar-refractivity contribution is -0.442. The molecule has 0 heterocycles. The standard InChI is InChI=1S/C7H14N2S.HI/c1-6(2)4-5-9-7(8)10-3;/h4H,5H2,1-3H3,(H2,8,9);1H. The number of allylic oxidation sites excluding steroid dienone is 1. The Labute approximate surface area is 89.7 Å². The van der Waals surface area contributed by atoms with Gasteiger partial charge < -0.3 is 24.0 Å². The van der Waals surface area contributed by atoms with Crippen molar-refractivity contribution in [3.05, 3.63) is 11.6 Å². The second-order valence-corrected chi connectivity index (χ2v) is 3.08. The minimum absolute atomic E-state index is 0. The van der Waals surface area contributed by atoms with Crippen LogP contribution >= 0.6 is 11.8 Å². The van der Waals surface area contributed by atoms with E-state index in [9.17, 15) is 0 Å². The molecule has 0 unspecified atom stereocenters. The predicted molar refractivity (Wildman–Crippen MR) is 48.0 cm³/mol. The van der Waals surface area contributed by atoms with Gasteiger partial charge in [0.25, 0.3) is 0 Å². The van der Waals surface area contributed by atoms with Crippen LogP contribution in [0.1, 0.15) is 13.8 Å². The zero-order chi connectivity index (χ0) is 7.98. The van der Waals surface area contributed by atoms with Crippen LogP contribution in [-0.2, 0) is 0 Å². The molecule has 0 radical (unpaired) electrons. The Morgan fingerprint density at radius 2 is 2.09 bits per heavy atom. The summed E-state index contributed by atoms with van der Waals surface area (Å²) in [6.07, 6.45) is 4.05. The van der Waals surface area contributed by atoms with Gasteiger partial charge in [0.1, 0.15) is 6.54 Å². The summed E-state index contributed by atoms with van der Waals surface area (Å²) in [5.41, 5.74) is 6.81. The van der Waals surface area contributed by atoms with Gasteiger partial charge in [0.15, 0.2) is 0 Å². The SMILES string of the molecule is CSC(N)=[NH+]CC=C(C)C.[I-]. The molecule has 66 valence electrons. The molecule has 0 aliphatic carbocycles. The quantitative estimate of drug-likeness (QED) is 0.242. The van der Waals surface area contributed by atoms with Gasteiger partial charge in [0.05, 0.1) is 0 Å². The van der Waals surface area contributed by atoms with E-state index in [4.69, 9.17) is 5.73 Å². The van der Waals surface area contributed by atoms with E-state index in [1.807, 2.05) is 6.26 Å². The Morgan fingerprint density at radius 3 is 2.45 bits per heavy atom. The first-order valence-corrected chi connectivity index (χ1v) is 4.43. The van der Waals surface area contributed by atoms with Crippen LogP contribution in [0.4, 0.5) is 0 Å². The van der Waals surface area contributed by atoms with E-state index in [-0.39, 0.29) is 24.0 Å². The average molecular weight is 286 g/mol. The van der Waals surface area contributed by atoms with E-state index in [0.29, 0.717) is 0 Å². The minimum Gasteiger partial charge on any atom is -1.00 e. The third-order valence-corrected chi connectivity index (χ3v) is 1.59. The van der Waals surface area contributed by atoms with Crippen LogP contribution < -0.4 is 34.7 Å². The van der Waals surface area contributed by atoms with Gasteiger partial charge in [0.2, 0.25) is 0 Å². The van der Waals surface area contributed by atoms with Crippen molar-refractivity contribution < 1.29 is 29.0 Å². The number of rotatable bonds is 2. The number of halogens is 1. The molecule has 0 aliphatic heterocycles. The van der Waals surface area contributed by atoms with Crippen LogP contribution in [0.25, 0.3) is 0 Å². The van der Waals surface area contributed by atoms with Crippen LogP contribution in [0.5, 0.6) is 0 Å². The highest BCUT2D eigenvalue weighted by Crippen LogP contribution is 1.83. The summed E-state index contributed by atoms with van der Waals surface area (Å²) in [4.78, 5) is 3.04. The molecule has 0 rings (SSSR count). The lowest BCUT2D eigenvalue weighted by atomic mass is 10.3. The van der Waals surface area contributed by atoms with Gasteiger partial charge in [-0.25, -0.2) is 0 Å². The molecule has 0 atom stereocenters. The van der Waals surface area contributed by atoms with Crippen molar-refractivity contribution in [2.75, 3.05) is 12.8 Å². The molecule has 0 saturated heterocycles. The summed E-state index contributed by atoms with van der Waals surface area (Å²) in [6, 6.07) is 0. The smallest absolute Gasteiger partial charge is 0.301 e. The predicted octanol–water partition coefficient (Wildman–Crippen LogP) is -3.29. The molecular formula is C7H15IN2S. The molecule has 0 saturated carbocycles. The van der Waals surface area contributed by atoms with Crippen LogP contribution in [0, 0.1) is 0 Å². The maximum absolute atomic E-state index is 5.50. The summed E-state index contributed by atoms with van der Waals surface area (Å²) >= 11 is 1.53.